The van der Waals surface area contributed by atoms with Gasteiger partial charge in [0, 0.05) is 31.4 Å². The molecule has 2 aromatic rings. The lowest BCUT2D eigenvalue weighted by molar-refractivity contribution is 0.0511. The Morgan fingerprint density at radius 1 is 1.19 bits per heavy atom. The van der Waals surface area contributed by atoms with Gasteiger partial charge in [-0.15, -0.1) is 0 Å². The molecule has 1 aliphatic heterocycles. The zero-order chi connectivity index (χ0) is 26.4. The Labute approximate surface area is 208 Å². The highest BCUT2D eigenvalue weighted by molar-refractivity contribution is 5.96. The summed E-state index contributed by atoms with van der Waals surface area (Å²) in [5.41, 5.74) is -1.39. The van der Waals surface area contributed by atoms with Gasteiger partial charge in [-0.2, -0.15) is 0 Å². The number of halogens is 2. The third-order valence-electron chi connectivity index (χ3n) is 6.53. The number of esters is 1. The first-order chi connectivity index (χ1) is 16.9. The van der Waals surface area contributed by atoms with Gasteiger partial charge in [0.25, 0.3) is 0 Å². The van der Waals surface area contributed by atoms with Gasteiger partial charge in [0.05, 0.1) is 17.5 Å². The fourth-order valence-electron chi connectivity index (χ4n) is 4.86. The van der Waals surface area contributed by atoms with Crippen LogP contribution in [-0.4, -0.2) is 48.5 Å². The average Bonchev–Trinajstić information content (AvgIpc) is 3.50. The Hall–Kier alpha value is -3.17. The molecule has 1 N–H and O–H groups in total. The second-order valence-corrected chi connectivity index (χ2v) is 10.5. The molecule has 0 spiro atoms. The van der Waals surface area contributed by atoms with Gasteiger partial charge in [0.1, 0.15) is 22.7 Å². The van der Waals surface area contributed by atoms with Crippen LogP contribution in [0.5, 0.6) is 0 Å². The van der Waals surface area contributed by atoms with Crippen molar-refractivity contribution in [3.05, 3.63) is 39.2 Å². The lowest BCUT2D eigenvalue weighted by atomic mass is 10.1. The van der Waals surface area contributed by atoms with Crippen molar-refractivity contribution in [3.63, 3.8) is 0 Å². The number of anilines is 1. The van der Waals surface area contributed by atoms with Crippen molar-refractivity contribution in [1.29, 1.82) is 0 Å². The van der Waals surface area contributed by atoms with Crippen molar-refractivity contribution in [1.82, 2.24) is 9.88 Å². The van der Waals surface area contributed by atoms with E-state index in [1.165, 1.54) is 0 Å². The summed E-state index contributed by atoms with van der Waals surface area (Å²) in [6, 6.07) is 0.960. The molecule has 2 heterocycles. The fraction of sp³-hybridized carbons (Fsp3) is 0.577. The van der Waals surface area contributed by atoms with Gasteiger partial charge in [-0.1, -0.05) is 0 Å². The first-order valence-corrected chi connectivity index (χ1v) is 12.4. The van der Waals surface area contributed by atoms with Gasteiger partial charge in [0.15, 0.2) is 5.82 Å². The van der Waals surface area contributed by atoms with Crippen molar-refractivity contribution in [2.24, 2.45) is 5.92 Å². The molecular formula is C26H33F2N3O5. The number of hydrogen-bond acceptors (Lipinski definition) is 6. The Kier molecular flexibility index (Phi) is 6.99. The van der Waals surface area contributed by atoms with Gasteiger partial charge in [-0.3, -0.25) is 4.79 Å². The van der Waals surface area contributed by atoms with Crippen LogP contribution in [0.4, 0.5) is 19.3 Å². The standard InChI is InChI=1S/C26H33F2N3O5/c1-6-35-24(33)19-14(2)31(16-7-8-16)21-17(23(19)32)11-18(27)22(20(21)28)30-10-9-15(13-30)12-29-25(34)36-26(3,4)5/h11,15-16H,6-10,12-13H2,1-5H3,(H,29,34). The molecule has 0 radical (unpaired) electrons. The molecule has 4 rings (SSSR count). The monoisotopic (exact) mass is 505 g/mol. The maximum absolute atomic E-state index is 16.1. The molecule has 2 fully saturated rings. The van der Waals surface area contributed by atoms with Crippen molar-refractivity contribution in [3.8, 4) is 0 Å². The number of carbonyl (C=O) groups excluding carboxylic acids is 2. The Morgan fingerprint density at radius 3 is 2.50 bits per heavy atom. The van der Waals surface area contributed by atoms with E-state index in [9.17, 15) is 14.4 Å². The van der Waals surface area contributed by atoms with Crippen molar-refractivity contribution in [2.45, 2.75) is 65.5 Å². The molecule has 0 bridgehead atoms. The maximum Gasteiger partial charge on any atom is 0.407 e. The minimum atomic E-state index is -0.862. The third-order valence-corrected chi connectivity index (χ3v) is 6.53. The predicted octanol–water partition coefficient (Wildman–Crippen LogP) is 4.45. The summed E-state index contributed by atoms with van der Waals surface area (Å²) < 4.78 is 43.3. The van der Waals surface area contributed by atoms with Crippen LogP contribution in [0.2, 0.25) is 0 Å². The number of hydrogen-bond donors (Lipinski definition) is 1. The number of aromatic nitrogens is 1. The molecule has 1 saturated heterocycles. The summed E-state index contributed by atoms with van der Waals surface area (Å²) in [6.45, 7) is 9.68. The van der Waals surface area contributed by atoms with E-state index in [4.69, 9.17) is 9.47 Å². The van der Waals surface area contributed by atoms with Crippen molar-refractivity contribution >= 4 is 28.7 Å². The normalized spacial score (nSPS) is 18.0. The molecule has 2 aliphatic rings. The number of rotatable bonds is 6. The molecule has 1 atom stereocenters. The van der Waals surface area contributed by atoms with Crippen LogP contribution in [0.15, 0.2) is 10.9 Å². The first-order valence-electron chi connectivity index (χ1n) is 12.4. The third kappa shape index (κ3) is 5.03. The average molecular weight is 506 g/mol. The van der Waals surface area contributed by atoms with Crippen molar-refractivity contribution in [2.75, 3.05) is 31.1 Å². The SMILES string of the molecule is CCOC(=O)c1c(C)n(C2CC2)c2c(F)c(N3CCC(CNC(=O)OC(C)(C)C)C3)c(F)cc2c1=O. The Morgan fingerprint density at radius 2 is 1.89 bits per heavy atom. The minimum Gasteiger partial charge on any atom is -0.462 e. The van der Waals surface area contributed by atoms with E-state index < -0.39 is 34.7 Å². The summed E-state index contributed by atoms with van der Waals surface area (Å²) in [5.74, 6) is -2.49. The van der Waals surface area contributed by atoms with Gasteiger partial charge in [-0.05, 0) is 65.9 Å². The van der Waals surface area contributed by atoms with Gasteiger partial charge < -0.3 is 24.3 Å². The zero-order valence-corrected chi connectivity index (χ0v) is 21.4. The van der Waals surface area contributed by atoms with Crippen LogP contribution in [-0.2, 0) is 9.47 Å². The number of ether oxygens (including phenoxy) is 2. The fourth-order valence-corrected chi connectivity index (χ4v) is 4.86. The van der Waals surface area contributed by atoms with Crippen LogP contribution in [0, 0.1) is 24.5 Å². The zero-order valence-electron chi connectivity index (χ0n) is 21.4. The second kappa shape index (κ2) is 9.71. The lowest BCUT2D eigenvalue weighted by Crippen LogP contribution is -2.36. The number of carbonyl (C=O) groups is 2. The molecule has 196 valence electrons. The number of benzene rings is 1. The number of amides is 1. The van der Waals surface area contributed by atoms with Gasteiger partial charge >= 0.3 is 12.1 Å². The van der Waals surface area contributed by atoms with E-state index in [1.54, 1.807) is 44.1 Å². The summed E-state index contributed by atoms with van der Waals surface area (Å²) in [7, 11) is 0. The topological polar surface area (TPSA) is 89.9 Å². The van der Waals surface area contributed by atoms with Gasteiger partial charge in [-0.25, -0.2) is 18.4 Å². The molecule has 1 saturated carbocycles. The molecule has 1 aliphatic carbocycles. The lowest BCUT2D eigenvalue weighted by Gasteiger charge is -2.24. The highest BCUT2D eigenvalue weighted by Crippen LogP contribution is 2.41. The number of nitrogens with zero attached hydrogens (tertiary/aromatic N) is 2. The highest BCUT2D eigenvalue weighted by atomic mass is 19.1. The van der Waals surface area contributed by atoms with Crippen LogP contribution < -0.4 is 15.6 Å². The molecule has 10 heteroatoms. The molecule has 1 aromatic heterocycles. The number of alkyl carbamates (subject to hydrolysis) is 1. The van der Waals surface area contributed by atoms with E-state index in [0.29, 0.717) is 31.7 Å². The second-order valence-electron chi connectivity index (χ2n) is 10.5. The molecule has 1 aromatic carbocycles. The highest BCUT2D eigenvalue weighted by Gasteiger charge is 2.35. The van der Waals surface area contributed by atoms with E-state index in [1.807, 2.05) is 0 Å². The summed E-state index contributed by atoms with van der Waals surface area (Å²) >= 11 is 0. The molecule has 1 amide bonds. The maximum atomic E-state index is 16.1. The number of fused-ring (bicyclic) bond motifs is 1. The first kappa shape index (κ1) is 25.9. The smallest absolute Gasteiger partial charge is 0.407 e. The molecule has 1 unspecified atom stereocenters. The summed E-state index contributed by atoms with van der Waals surface area (Å²) in [6.07, 6.45) is 1.64. The van der Waals surface area contributed by atoms with E-state index in [2.05, 4.69) is 5.32 Å². The summed E-state index contributed by atoms with van der Waals surface area (Å²) in [4.78, 5) is 39.3. The van der Waals surface area contributed by atoms with E-state index in [-0.39, 0.29) is 40.7 Å². The molecule has 8 nitrogen and oxygen atoms in total. The molecule has 36 heavy (non-hydrogen) atoms. The number of nitrogens with one attached hydrogen (secondary N) is 1. The summed E-state index contributed by atoms with van der Waals surface area (Å²) in [5, 5.41) is 2.55. The van der Waals surface area contributed by atoms with Crippen LogP contribution in [0.1, 0.15) is 69.1 Å². The van der Waals surface area contributed by atoms with Crippen molar-refractivity contribution < 1.29 is 27.8 Å². The Bertz CT molecular complexity index is 1260. The van der Waals surface area contributed by atoms with Crippen LogP contribution >= 0.6 is 0 Å². The Balaban J connectivity index is 1.68. The largest absolute Gasteiger partial charge is 0.462 e. The quantitative estimate of drug-likeness (QED) is 0.584. The van der Waals surface area contributed by atoms with Gasteiger partial charge in [0.2, 0.25) is 5.43 Å². The molecular weight excluding hydrogens is 472 g/mol. The van der Waals surface area contributed by atoms with Crippen LogP contribution in [0.25, 0.3) is 10.9 Å². The van der Waals surface area contributed by atoms with E-state index >= 15 is 8.78 Å². The van der Waals surface area contributed by atoms with E-state index in [0.717, 1.165) is 18.9 Å². The predicted molar refractivity (Wildman–Crippen MR) is 132 cm³/mol. The minimum absolute atomic E-state index is 0.0137. The number of pyridine rings is 1. The van der Waals surface area contributed by atoms with Crippen LogP contribution in [0.3, 0.4) is 0 Å².